The van der Waals surface area contributed by atoms with Crippen LogP contribution in [0, 0.1) is 11.3 Å². The lowest BCUT2D eigenvalue weighted by Gasteiger charge is -2.36. The lowest BCUT2D eigenvalue weighted by molar-refractivity contribution is -0.136. The van der Waals surface area contributed by atoms with Crippen LogP contribution >= 0.6 is 0 Å². The lowest BCUT2D eigenvalue weighted by atomic mass is 9.91. The number of nitrogens with two attached hydrogens (primary N) is 1. The Bertz CT molecular complexity index is 446. The number of carbonyl (C=O) groups is 2. The van der Waals surface area contributed by atoms with E-state index in [9.17, 15) is 9.59 Å². The predicted octanol–water partition coefficient (Wildman–Crippen LogP) is 1.79. The molecule has 1 saturated carbocycles. The number of nitrogens with one attached hydrogen (secondary N) is 1. The molecule has 138 valence electrons. The van der Waals surface area contributed by atoms with Crippen molar-refractivity contribution in [3.05, 3.63) is 0 Å². The van der Waals surface area contributed by atoms with Crippen molar-refractivity contribution in [1.29, 1.82) is 0 Å². The van der Waals surface area contributed by atoms with Crippen LogP contribution in [-0.4, -0.2) is 61.0 Å². The molecule has 1 aliphatic heterocycles. The molecule has 24 heavy (non-hydrogen) atoms. The molecule has 3 amide bonds. The summed E-state index contributed by atoms with van der Waals surface area (Å²) in [6.45, 7) is 6.61. The van der Waals surface area contributed by atoms with Crippen molar-refractivity contribution in [2.45, 2.75) is 58.4 Å². The van der Waals surface area contributed by atoms with Gasteiger partial charge in [0.2, 0.25) is 5.91 Å². The maximum Gasteiger partial charge on any atom is 0.317 e. The summed E-state index contributed by atoms with van der Waals surface area (Å²) in [4.78, 5) is 28.8. The third kappa shape index (κ3) is 5.10. The summed E-state index contributed by atoms with van der Waals surface area (Å²) in [6.07, 6.45) is 6.32. The van der Waals surface area contributed by atoms with Crippen molar-refractivity contribution in [2.75, 3.05) is 33.2 Å². The molecule has 6 nitrogen and oxygen atoms in total. The van der Waals surface area contributed by atoms with Crippen molar-refractivity contribution in [3.63, 3.8) is 0 Å². The second kappa shape index (κ2) is 8.19. The van der Waals surface area contributed by atoms with Gasteiger partial charge in [0.15, 0.2) is 0 Å². The minimum atomic E-state index is -0.0911. The van der Waals surface area contributed by atoms with Gasteiger partial charge in [-0.3, -0.25) is 4.79 Å². The molecule has 0 spiro atoms. The summed E-state index contributed by atoms with van der Waals surface area (Å²) in [5.41, 5.74) is 5.69. The van der Waals surface area contributed by atoms with Crippen LogP contribution in [0.1, 0.15) is 52.4 Å². The summed E-state index contributed by atoms with van der Waals surface area (Å²) in [5, 5.41) is 3.13. The van der Waals surface area contributed by atoms with Gasteiger partial charge < -0.3 is 20.9 Å². The lowest BCUT2D eigenvalue weighted by Crippen LogP contribution is -2.51. The SMILES string of the molecule is CN(CC(C)(C)CN)C(=O)C1CCCN(C(=O)NC2CCCC2)C1. The zero-order valence-corrected chi connectivity index (χ0v) is 15.5. The van der Waals surface area contributed by atoms with Gasteiger partial charge in [-0.25, -0.2) is 4.79 Å². The zero-order valence-electron chi connectivity index (χ0n) is 15.5. The molecule has 0 aromatic rings. The average molecular weight is 338 g/mol. The molecule has 3 N–H and O–H groups in total. The summed E-state index contributed by atoms with van der Waals surface area (Å²) in [6, 6.07) is 0.325. The number of likely N-dealkylation sites (tertiary alicyclic amines) is 1. The van der Waals surface area contributed by atoms with Gasteiger partial charge in [-0.05, 0) is 37.6 Å². The van der Waals surface area contributed by atoms with Crippen molar-refractivity contribution < 1.29 is 9.59 Å². The van der Waals surface area contributed by atoms with E-state index in [0.717, 1.165) is 32.2 Å². The molecule has 6 heteroatoms. The van der Waals surface area contributed by atoms with E-state index in [4.69, 9.17) is 5.73 Å². The standard InChI is InChI=1S/C18H34N4O2/c1-18(2,12-19)13-21(3)16(23)14-7-6-10-22(11-14)17(24)20-15-8-4-5-9-15/h14-15H,4-13,19H2,1-3H3,(H,20,24). The first-order valence-electron chi connectivity index (χ1n) is 9.33. The number of urea groups is 1. The summed E-state index contributed by atoms with van der Waals surface area (Å²) < 4.78 is 0. The molecule has 1 unspecified atom stereocenters. The van der Waals surface area contributed by atoms with E-state index in [1.165, 1.54) is 12.8 Å². The maximum absolute atomic E-state index is 12.7. The van der Waals surface area contributed by atoms with Crippen LogP contribution < -0.4 is 11.1 Å². The molecule has 2 rings (SSSR count). The van der Waals surface area contributed by atoms with Crippen molar-refractivity contribution in [1.82, 2.24) is 15.1 Å². The van der Waals surface area contributed by atoms with Gasteiger partial charge in [-0.15, -0.1) is 0 Å². The number of rotatable bonds is 5. The van der Waals surface area contributed by atoms with Crippen molar-refractivity contribution in [3.8, 4) is 0 Å². The first-order chi connectivity index (χ1) is 11.3. The van der Waals surface area contributed by atoms with Crippen LogP contribution in [0.15, 0.2) is 0 Å². The molecular formula is C18H34N4O2. The molecule has 0 radical (unpaired) electrons. The Kier molecular flexibility index (Phi) is 6.49. The van der Waals surface area contributed by atoms with E-state index < -0.39 is 0 Å². The van der Waals surface area contributed by atoms with Gasteiger partial charge in [0, 0.05) is 32.7 Å². The Hall–Kier alpha value is -1.30. The second-order valence-electron chi connectivity index (χ2n) is 8.28. The largest absolute Gasteiger partial charge is 0.345 e. The van der Waals surface area contributed by atoms with Gasteiger partial charge in [-0.1, -0.05) is 26.7 Å². The highest BCUT2D eigenvalue weighted by atomic mass is 16.2. The minimum absolute atomic E-state index is 0.00402. The molecule has 2 fully saturated rings. The van der Waals surface area contributed by atoms with E-state index in [1.807, 2.05) is 11.9 Å². The minimum Gasteiger partial charge on any atom is -0.345 e. The van der Waals surface area contributed by atoms with Crippen LogP contribution in [0.2, 0.25) is 0 Å². The van der Waals surface area contributed by atoms with Crippen LogP contribution in [-0.2, 0) is 4.79 Å². The normalized spacial score (nSPS) is 22.5. The Balaban J connectivity index is 1.87. The highest BCUT2D eigenvalue weighted by Crippen LogP contribution is 2.22. The molecule has 0 aromatic heterocycles. The molecular weight excluding hydrogens is 304 g/mol. The van der Waals surface area contributed by atoms with Gasteiger partial charge in [0.05, 0.1) is 5.92 Å². The predicted molar refractivity (Wildman–Crippen MR) is 95.6 cm³/mol. The molecule has 1 saturated heterocycles. The Morgan fingerprint density at radius 1 is 1.21 bits per heavy atom. The number of hydrogen-bond donors (Lipinski definition) is 2. The highest BCUT2D eigenvalue weighted by molar-refractivity contribution is 5.81. The Morgan fingerprint density at radius 2 is 1.88 bits per heavy atom. The zero-order chi connectivity index (χ0) is 17.7. The fourth-order valence-electron chi connectivity index (χ4n) is 3.80. The van der Waals surface area contributed by atoms with Crippen LogP contribution in [0.3, 0.4) is 0 Å². The van der Waals surface area contributed by atoms with Crippen LogP contribution in [0.4, 0.5) is 4.79 Å². The Labute approximate surface area is 146 Å². The first-order valence-corrected chi connectivity index (χ1v) is 9.33. The first kappa shape index (κ1) is 19.0. The third-order valence-electron chi connectivity index (χ3n) is 5.33. The molecule has 1 aliphatic carbocycles. The smallest absolute Gasteiger partial charge is 0.317 e. The summed E-state index contributed by atoms with van der Waals surface area (Å²) in [5.74, 6) is 0.0431. The fourth-order valence-corrected chi connectivity index (χ4v) is 3.80. The maximum atomic E-state index is 12.7. The highest BCUT2D eigenvalue weighted by Gasteiger charge is 2.32. The van der Waals surface area contributed by atoms with Crippen LogP contribution in [0.5, 0.6) is 0 Å². The number of piperidine rings is 1. The van der Waals surface area contributed by atoms with Gasteiger partial charge >= 0.3 is 6.03 Å². The monoisotopic (exact) mass is 338 g/mol. The number of hydrogen-bond acceptors (Lipinski definition) is 3. The summed E-state index contributed by atoms with van der Waals surface area (Å²) in [7, 11) is 1.84. The second-order valence-corrected chi connectivity index (χ2v) is 8.28. The molecule has 1 atom stereocenters. The molecule has 0 aromatic carbocycles. The van der Waals surface area contributed by atoms with Gasteiger partial charge in [-0.2, -0.15) is 0 Å². The molecule has 1 heterocycles. The van der Waals surface area contributed by atoms with Crippen molar-refractivity contribution >= 4 is 11.9 Å². The quantitative estimate of drug-likeness (QED) is 0.802. The third-order valence-corrected chi connectivity index (χ3v) is 5.33. The van der Waals surface area contributed by atoms with Crippen LogP contribution in [0.25, 0.3) is 0 Å². The van der Waals surface area contributed by atoms with E-state index in [-0.39, 0.29) is 23.3 Å². The van der Waals surface area contributed by atoms with Gasteiger partial charge in [0.25, 0.3) is 0 Å². The number of carbonyl (C=O) groups excluding carboxylic acids is 2. The van der Waals surface area contributed by atoms with E-state index in [1.54, 1.807) is 4.90 Å². The van der Waals surface area contributed by atoms with E-state index in [0.29, 0.717) is 25.7 Å². The molecule has 2 aliphatic rings. The van der Waals surface area contributed by atoms with E-state index >= 15 is 0 Å². The average Bonchev–Trinajstić information content (AvgIpc) is 3.06. The van der Waals surface area contributed by atoms with E-state index in [2.05, 4.69) is 19.2 Å². The number of nitrogens with zero attached hydrogens (tertiary/aromatic N) is 2. The molecule has 0 bridgehead atoms. The fraction of sp³-hybridized carbons (Fsp3) is 0.889. The topological polar surface area (TPSA) is 78.7 Å². The Morgan fingerprint density at radius 3 is 2.50 bits per heavy atom. The summed E-state index contributed by atoms with van der Waals surface area (Å²) >= 11 is 0. The number of amides is 3. The van der Waals surface area contributed by atoms with Crippen molar-refractivity contribution in [2.24, 2.45) is 17.1 Å². The van der Waals surface area contributed by atoms with Gasteiger partial charge in [0.1, 0.15) is 0 Å².